The highest BCUT2D eigenvalue weighted by molar-refractivity contribution is 5.91. The molecule has 1 heterocycles. The number of rotatable bonds is 3. The molecule has 0 aliphatic heterocycles. The minimum Gasteiger partial charge on any atom is -0.478 e. The van der Waals surface area contributed by atoms with Crippen molar-refractivity contribution < 1.29 is 23.8 Å². The maximum atomic E-state index is 11.6. The first-order valence-electron chi connectivity index (χ1n) is 5.17. The van der Waals surface area contributed by atoms with Gasteiger partial charge in [-0.25, -0.2) is 9.59 Å². The van der Waals surface area contributed by atoms with Crippen molar-refractivity contribution in [3.8, 4) is 5.75 Å². The first-order valence-corrected chi connectivity index (χ1v) is 5.17. The maximum Gasteiger partial charge on any atom is 0.346 e. The smallest absolute Gasteiger partial charge is 0.346 e. The number of benzene rings is 1. The topological polar surface area (TPSA) is 76.7 Å². The van der Waals surface area contributed by atoms with Crippen LogP contribution in [0.1, 0.15) is 26.5 Å². The van der Waals surface area contributed by atoms with Crippen LogP contribution < -0.4 is 4.74 Å². The van der Waals surface area contributed by atoms with E-state index < -0.39 is 11.9 Å². The van der Waals surface area contributed by atoms with E-state index >= 15 is 0 Å². The normalized spacial score (nSPS) is 10.1. The van der Waals surface area contributed by atoms with Crippen molar-refractivity contribution in [1.82, 2.24) is 0 Å². The summed E-state index contributed by atoms with van der Waals surface area (Å²) in [5.74, 6) is -0.680. The summed E-state index contributed by atoms with van der Waals surface area (Å²) in [6.07, 6.45) is 1.31. The molecule has 5 nitrogen and oxygen atoms in total. The quantitative estimate of drug-likeness (QED) is 0.665. The van der Waals surface area contributed by atoms with Crippen molar-refractivity contribution in [2.24, 2.45) is 0 Å². The third-order valence-electron chi connectivity index (χ3n) is 2.28. The molecule has 0 fully saturated rings. The van der Waals surface area contributed by atoms with Crippen LogP contribution in [0, 0.1) is 6.92 Å². The van der Waals surface area contributed by atoms with Crippen LogP contribution in [-0.2, 0) is 0 Å². The molecule has 18 heavy (non-hydrogen) atoms. The van der Waals surface area contributed by atoms with Crippen LogP contribution in [0.2, 0.25) is 0 Å². The molecule has 0 aliphatic rings. The Morgan fingerprint density at radius 2 is 1.83 bits per heavy atom. The van der Waals surface area contributed by atoms with Crippen molar-refractivity contribution in [3.63, 3.8) is 0 Å². The van der Waals surface area contributed by atoms with Gasteiger partial charge in [-0.3, -0.25) is 0 Å². The molecule has 0 spiro atoms. The van der Waals surface area contributed by atoms with Crippen molar-refractivity contribution in [3.05, 3.63) is 53.5 Å². The fourth-order valence-corrected chi connectivity index (χ4v) is 1.38. The van der Waals surface area contributed by atoms with Crippen LogP contribution in [0.5, 0.6) is 5.75 Å². The highest BCUT2D eigenvalue weighted by atomic mass is 16.5. The molecule has 5 heteroatoms. The predicted octanol–water partition coefficient (Wildman–Crippen LogP) is 2.51. The largest absolute Gasteiger partial charge is 0.478 e. The second kappa shape index (κ2) is 4.75. The first kappa shape index (κ1) is 11.9. The molecule has 0 amide bonds. The Kier molecular flexibility index (Phi) is 3.14. The zero-order valence-corrected chi connectivity index (χ0v) is 9.54. The second-order valence-electron chi connectivity index (χ2n) is 3.67. The Bertz CT molecular complexity index is 580. The number of aromatic carboxylic acids is 1. The molecule has 1 N–H and O–H groups in total. The van der Waals surface area contributed by atoms with Gasteiger partial charge in [-0.1, -0.05) is 0 Å². The SMILES string of the molecule is Cc1cc(C(=O)Oc2ccc(C(=O)O)cc2)co1. The van der Waals surface area contributed by atoms with Gasteiger partial charge in [0.05, 0.1) is 11.1 Å². The minimum atomic E-state index is -1.03. The number of hydrogen-bond acceptors (Lipinski definition) is 4. The van der Waals surface area contributed by atoms with E-state index in [9.17, 15) is 9.59 Å². The number of furan rings is 1. The fraction of sp³-hybridized carbons (Fsp3) is 0.0769. The summed E-state index contributed by atoms with van der Waals surface area (Å²) in [6, 6.07) is 7.15. The predicted molar refractivity (Wildman–Crippen MR) is 61.8 cm³/mol. The summed E-state index contributed by atoms with van der Waals surface area (Å²) in [5, 5.41) is 8.72. The Morgan fingerprint density at radius 3 is 2.33 bits per heavy atom. The summed E-state index contributed by atoms with van der Waals surface area (Å²) < 4.78 is 10.1. The van der Waals surface area contributed by atoms with E-state index in [0.29, 0.717) is 11.3 Å². The molecule has 1 aromatic heterocycles. The van der Waals surface area contributed by atoms with Crippen molar-refractivity contribution in [1.29, 1.82) is 0 Å². The standard InChI is InChI=1S/C13H10O5/c1-8-6-10(7-17-8)13(16)18-11-4-2-9(3-5-11)12(14)15/h2-7H,1H3,(H,14,15). The maximum absolute atomic E-state index is 11.6. The van der Waals surface area contributed by atoms with Gasteiger partial charge < -0.3 is 14.3 Å². The highest BCUT2D eigenvalue weighted by Crippen LogP contribution is 2.15. The molecular formula is C13H10O5. The Balaban J connectivity index is 2.10. The zero-order chi connectivity index (χ0) is 13.1. The van der Waals surface area contributed by atoms with Crippen molar-refractivity contribution >= 4 is 11.9 Å². The third-order valence-corrected chi connectivity index (χ3v) is 2.28. The van der Waals surface area contributed by atoms with Gasteiger partial charge in [-0.2, -0.15) is 0 Å². The van der Waals surface area contributed by atoms with Crippen LogP contribution in [0.3, 0.4) is 0 Å². The number of ether oxygens (including phenoxy) is 1. The summed E-state index contributed by atoms with van der Waals surface area (Å²) >= 11 is 0. The average Bonchev–Trinajstić information content (AvgIpc) is 2.76. The summed E-state index contributed by atoms with van der Waals surface area (Å²) in [5.41, 5.74) is 0.448. The number of carbonyl (C=O) groups is 2. The molecule has 2 aromatic rings. The lowest BCUT2D eigenvalue weighted by molar-refractivity contribution is 0.0696. The lowest BCUT2D eigenvalue weighted by Crippen LogP contribution is -2.07. The fourth-order valence-electron chi connectivity index (χ4n) is 1.38. The molecule has 1 aromatic carbocycles. The summed E-state index contributed by atoms with van der Waals surface area (Å²) in [7, 11) is 0. The van der Waals surface area contributed by atoms with Crippen molar-refractivity contribution in [2.45, 2.75) is 6.92 Å². The molecule has 0 saturated carbocycles. The molecule has 0 radical (unpaired) electrons. The summed E-state index contributed by atoms with van der Waals surface area (Å²) in [4.78, 5) is 22.3. The lowest BCUT2D eigenvalue weighted by Gasteiger charge is -2.02. The lowest BCUT2D eigenvalue weighted by atomic mass is 10.2. The van der Waals surface area contributed by atoms with Crippen LogP contribution in [0.15, 0.2) is 41.0 Å². The second-order valence-corrected chi connectivity index (χ2v) is 3.67. The van der Waals surface area contributed by atoms with E-state index in [1.165, 1.54) is 30.5 Å². The van der Waals surface area contributed by atoms with E-state index in [1.807, 2.05) is 0 Å². The Labute approximate surface area is 103 Å². The van der Waals surface area contributed by atoms with Gasteiger partial charge in [0.15, 0.2) is 0 Å². The van der Waals surface area contributed by atoms with Gasteiger partial charge in [-0.05, 0) is 37.3 Å². The minimum absolute atomic E-state index is 0.133. The molecule has 92 valence electrons. The van der Waals surface area contributed by atoms with Gasteiger partial charge in [0.25, 0.3) is 0 Å². The first-order chi connectivity index (χ1) is 8.56. The molecule has 0 atom stereocenters. The van der Waals surface area contributed by atoms with E-state index in [4.69, 9.17) is 14.3 Å². The number of carboxylic acids is 1. The molecule has 0 aliphatic carbocycles. The van der Waals surface area contributed by atoms with Gasteiger partial charge in [-0.15, -0.1) is 0 Å². The van der Waals surface area contributed by atoms with Gasteiger partial charge in [0, 0.05) is 0 Å². The van der Waals surface area contributed by atoms with Crippen LogP contribution in [0.4, 0.5) is 0 Å². The number of carboxylic acid groups (broad SMARTS) is 1. The monoisotopic (exact) mass is 246 g/mol. The molecule has 0 saturated heterocycles. The van der Waals surface area contributed by atoms with Crippen LogP contribution in [0.25, 0.3) is 0 Å². The number of esters is 1. The number of carbonyl (C=O) groups excluding carboxylic acids is 1. The summed E-state index contributed by atoms with van der Waals surface area (Å²) in [6.45, 7) is 1.72. The molecule has 0 unspecified atom stereocenters. The van der Waals surface area contributed by atoms with Crippen molar-refractivity contribution in [2.75, 3.05) is 0 Å². The van der Waals surface area contributed by atoms with E-state index in [2.05, 4.69) is 0 Å². The van der Waals surface area contributed by atoms with Gasteiger partial charge in [0.2, 0.25) is 0 Å². The molecular weight excluding hydrogens is 236 g/mol. The number of hydrogen-bond donors (Lipinski definition) is 1. The van der Waals surface area contributed by atoms with E-state index in [1.54, 1.807) is 13.0 Å². The molecule has 0 bridgehead atoms. The van der Waals surface area contributed by atoms with Gasteiger partial charge in [0.1, 0.15) is 17.8 Å². The van der Waals surface area contributed by atoms with E-state index in [0.717, 1.165) is 0 Å². The Morgan fingerprint density at radius 1 is 1.17 bits per heavy atom. The van der Waals surface area contributed by atoms with E-state index in [-0.39, 0.29) is 11.3 Å². The third kappa shape index (κ3) is 2.57. The van der Waals surface area contributed by atoms with Gasteiger partial charge >= 0.3 is 11.9 Å². The zero-order valence-electron chi connectivity index (χ0n) is 9.54. The van der Waals surface area contributed by atoms with Crippen LogP contribution in [-0.4, -0.2) is 17.0 Å². The number of aryl methyl sites for hydroxylation is 1. The highest BCUT2D eigenvalue weighted by Gasteiger charge is 2.11. The van der Waals surface area contributed by atoms with Crippen LogP contribution >= 0.6 is 0 Å². The Hall–Kier alpha value is -2.56. The molecule has 2 rings (SSSR count). The average molecular weight is 246 g/mol.